The van der Waals surface area contributed by atoms with E-state index < -0.39 is 9.84 Å². The van der Waals surface area contributed by atoms with Crippen LogP contribution in [0.15, 0.2) is 11.6 Å². The number of anilines is 1. The summed E-state index contributed by atoms with van der Waals surface area (Å²) in [5.74, 6) is 0.209. The summed E-state index contributed by atoms with van der Waals surface area (Å²) in [5, 5.41) is 5.11. The van der Waals surface area contributed by atoms with Crippen molar-refractivity contribution >= 4 is 32.2 Å². The standard InChI is InChI=1S/C12H19N3O3S2/c1-9-7-15(4-6-20(17,18)8-9)10(2)11(16)14-12-13-3-5-19-12/h3,5,9-10H,4,6-8H2,1-2H3,(H,13,14,16). The number of nitrogens with zero attached hydrogens (tertiary/aromatic N) is 2. The number of carbonyl (C=O) groups excluding carboxylic acids is 1. The minimum Gasteiger partial charge on any atom is -0.301 e. The molecule has 6 nitrogen and oxygen atoms in total. The van der Waals surface area contributed by atoms with E-state index in [1.807, 2.05) is 11.8 Å². The van der Waals surface area contributed by atoms with Crippen molar-refractivity contribution in [3.05, 3.63) is 11.6 Å². The van der Waals surface area contributed by atoms with E-state index in [2.05, 4.69) is 10.3 Å². The minimum atomic E-state index is -2.99. The number of aromatic nitrogens is 1. The van der Waals surface area contributed by atoms with Crippen LogP contribution in [-0.2, 0) is 14.6 Å². The van der Waals surface area contributed by atoms with Crippen LogP contribution in [0.2, 0.25) is 0 Å². The van der Waals surface area contributed by atoms with Crippen LogP contribution >= 0.6 is 11.3 Å². The Bertz CT molecular complexity index is 557. The van der Waals surface area contributed by atoms with Gasteiger partial charge in [-0.2, -0.15) is 0 Å². The molecule has 0 radical (unpaired) electrons. The number of carbonyl (C=O) groups is 1. The SMILES string of the molecule is CC1CN(C(C)C(=O)Nc2nccs2)CCS(=O)(=O)C1. The van der Waals surface area contributed by atoms with Gasteiger partial charge < -0.3 is 5.32 Å². The van der Waals surface area contributed by atoms with Gasteiger partial charge in [0.15, 0.2) is 15.0 Å². The second-order valence-electron chi connectivity index (χ2n) is 5.22. The summed E-state index contributed by atoms with van der Waals surface area (Å²) in [6, 6.07) is -0.366. The van der Waals surface area contributed by atoms with E-state index in [4.69, 9.17) is 0 Å². The molecule has 0 saturated carbocycles. The van der Waals surface area contributed by atoms with Crippen molar-refractivity contribution in [2.45, 2.75) is 19.9 Å². The summed E-state index contributed by atoms with van der Waals surface area (Å²) in [4.78, 5) is 18.1. The zero-order valence-electron chi connectivity index (χ0n) is 11.6. The first kappa shape index (κ1) is 15.4. The summed E-state index contributed by atoms with van der Waals surface area (Å²) < 4.78 is 23.5. The molecule has 0 aromatic carbocycles. The number of hydrogen-bond donors (Lipinski definition) is 1. The third kappa shape index (κ3) is 4.00. The summed E-state index contributed by atoms with van der Waals surface area (Å²) in [5.41, 5.74) is 0. The van der Waals surface area contributed by atoms with Gasteiger partial charge in [-0.1, -0.05) is 6.92 Å². The first-order valence-electron chi connectivity index (χ1n) is 6.52. The monoisotopic (exact) mass is 317 g/mol. The van der Waals surface area contributed by atoms with Crippen LogP contribution < -0.4 is 5.32 Å². The average Bonchev–Trinajstić information content (AvgIpc) is 2.80. The number of hydrogen-bond acceptors (Lipinski definition) is 6. The van der Waals surface area contributed by atoms with Gasteiger partial charge in [-0.3, -0.25) is 9.69 Å². The van der Waals surface area contributed by atoms with Crippen LogP contribution in [-0.4, -0.2) is 54.8 Å². The van der Waals surface area contributed by atoms with E-state index >= 15 is 0 Å². The van der Waals surface area contributed by atoms with Gasteiger partial charge in [0, 0.05) is 24.7 Å². The van der Waals surface area contributed by atoms with E-state index in [1.165, 1.54) is 11.3 Å². The molecule has 0 spiro atoms. The molecule has 1 aliphatic heterocycles. The van der Waals surface area contributed by atoms with Crippen molar-refractivity contribution in [3.8, 4) is 0 Å². The van der Waals surface area contributed by atoms with E-state index in [0.717, 1.165) is 0 Å². The zero-order chi connectivity index (χ0) is 14.8. The lowest BCUT2D eigenvalue weighted by atomic mass is 10.1. The highest BCUT2D eigenvalue weighted by molar-refractivity contribution is 7.91. The average molecular weight is 317 g/mol. The second kappa shape index (κ2) is 6.19. The Labute approximate surface area is 123 Å². The van der Waals surface area contributed by atoms with Crippen molar-refractivity contribution in [3.63, 3.8) is 0 Å². The maximum absolute atomic E-state index is 12.2. The molecule has 2 unspecified atom stereocenters. The summed E-state index contributed by atoms with van der Waals surface area (Å²) in [6.45, 7) is 4.72. The Morgan fingerprint density at radius 2 is 2.35 bits per heavy atom. The van der Waals surface area contributed by atoms with Crippen molar-refractivity contribution in [1.29, 1.82) is 0 Å². The Hall–Kier alpha value is -0.990. The van der Waals surface area contributed by atoms with E-state index in [0.29, 0.717) is 18.2 Å². The minimum absolute atomic E-state index is 0.0395. The number of amides is 1. The molecule has 2 atom stereocenters. The van der Waals surface area contributed by atoms with Crippen molar-refractivity contribution in [2.24, 2.45) is 5.92 Å². The molecule has 112 valence electrons. The topological polar surface area (TPSA) is 79.4 Å². The van der Waals surface area contributed by atoms with Gasteiger partial charge >= 0.3 is 0 Å². The third-order valence-corrected chi connectivity index (χ3v) is 5.93. The fourth-order valence-electron chi connectivity index (χ4n) is 2.33. The first-order valence-corrected chi connectivity index (χ1v) is 9.22. The predicted octanol–water partition coefficient (Wildman–Crippen LogP) is 0.837. The predicted molar refractivity (Wildman–Crippen MR) is 79.6 cm³/mol. The van der Waals surface area contributed by atoms with Crippen LogP contribution in [0.25, 0.3) is 0 Å². The smallest absolute Gasteiger partial charge is 0.243 e. The number of thiazole rings is 1. The molecule has 2 rings (SSSR count). The lowest BCUT2D eigenvalue weighted by Gasteiger charge is -2.27. The molecule has 1 aromatic rings. The first-order chi connectivity index (χ1) is 9.37. The molecule has 1 amide bonds. The molecule has 0 bridgehead atoms. The lowest BCUT2D eigenvalue weighted by Crippen LogP contribution is -2.44. The Balaban J connectivity index is 2.01. The molecule has 1 saturated heterocycles. The molecule has 20 heavy (non-hydrogen) atoms. The fraction of sp³-hybridized carbons (Fsp3) is 0.667. The van der Waals surface area contributed by atoms with Crippen LogP contribution in [0.5, 0.6) is 0 Å². The molecule has 1 aliphatic rings. The van der Waals surface area contributed by atoms with Crippen molar-refractivity contribution < 1.29 is 13.2 Å². The second-order valence-corrected chi connectivity index (χ2v) is 8.34. The Kier molecular flexibility index (Phi) is 4.77. The largest absolute Gasteiger partial charge is 0.301 e. The van der Waals surface area contributed by atoms with Gasteiger partial charge in [0.2, 0.25) is 5.91 Å². The number of rotatable bonds is 3. The van der Waals surface area contributed by atoms with Crippen LogP contribution in [0.4, 0.5) is 5.13 Å². The molecular weight excluding hydrogens is 298 g/mol. The maximum atomic E-state index is 12.2. The highest BCUT2D eigenvalue weighted by Crippen LogP contribution is 2.16. The number of sulfone groups is 1. The quantitative estimate of drug-likeness (QED) is 0.893. The number of nitrogens with one attached hydrogen (secondary N) is 1. The summed E-state index contributed by atoms with van der Waals surface area (Å²) in [6.07, 6.45) is 1.63. The van der Waals surface area contributed by atoms with Gasteiger partial charge in [0.05, 0.1) is 17.5 Å². The normalized spacial score (nSPS) is 24.8. The zero-order valence-corrected chi connectivity index (χ0v) is 13.2. The molecule has 0 aliphatic carbocycles. The van der Waals surface area contributed by atoms with Crippen LogP contribution in [0.1, 0.15) is 13.8 Å². The van der Waals surface area contributed by atoms with E-state index in [-0.39, 0.29) is 29.4 Å². The van der Waals surface area contributed by atoms with Gasteiger partial charge in [-0.15, -0.1) is 11.3 Å². The van der Waals surface area contributed by atoms with Crippen molar-refractivity contribution in [1.82, 2.24) is 9.88 Å². The van der Waals surface area contributed by atoms with Gasteiger partial charge in [-0.25, -0.2) is 13.4 Å². The maximum Gasteiger partial charge on any atom is 0.243 e. The van der Waals surface area contributed by atoms with Gasteiger partial charge in [0.1, 0.15) is 0 Å². The highest BCUT2D eigenvalue weighted by atomic mass is 32.2. The summed E-state index contributed by atoms with van der Waals surface area (Å²) in [7, 11) is -2.99. The van der Waals surface area contributed by atoms with Gasteiger partial charge in [-0.05, 0) is 12.8 Å². The highest BCUT2D eigenvalue weighted by Gasteiger charge is 2.29. The Morgan fingerprint density at radius 3 is 3.00 bits per heavy atom. The van der Waals surface area contributed by atoms with E-state index in [1.54, 1.807) is 18.5 Å². The fourth-order valence-corrected chi connectivity index (χ4v) is 4.51. The molecule has 1 aromatic heterocycles. The molecule has 8 heteroatoms. The molecule has 2 heterocycles. The van der Waals surface area contributed by atoms with Crippen molar-refractivity contribution in [2.75, 3.05) is 29.9 Å². The third-order valence-electron chi connectivity index (χ3n) is 3.36. The Morgan fingerprint density at radius 1 is 1.60 bits per heavy atom. The van der Waals surface area contributed by atoms with E-state index in [9.17, 15) is 13.2 Å². The van der Waals surface area contributed by atoms with Gasteiger partial charge in [0.25, 0.3) is 0 Å². The molecular formula is C12H19N3O3S2. The lowest BCUT2D eigenvalue weighted by molar-refractivity contribution is -0.120. The molecule has 1 fully saturated rings. The van der Waals surface area contributed by atoms with Crippen LogP contribution in [0.3, 0.4) is 0 Å². The molecule has 1 N–H and O–H groups in total. The summed E-state index contributed by atoms with van der Waals surface area (Å²) >= 11 is 1.36. The van der Waals surface area contributed by atoms with Crippen LogP contribution in [0, 0.1) is 5.92 Å².